The lowest BCUT2D eigenvalue weighted by molar-refractivity contribution is -0.317. The summed E-state index contributed by atoms with van der Waals surface area (Å²) in [6.07, 6.45) is -5.81. The monoisotopic (exact) mass is 830 g/mol. The van der Waals surface area contributed by atoms with Gasteiger partial charge in [0.25, 0.3) is 5.79 Å². The van der Waals surface area contributed by atoms with Crippen LogP contribution in [0.1, 0.15) is 53.9 Å². The quantitative estimate of drug-likeness (QED) is 0.147. The first kappa shape index (κ1) is 40.3. The molecule has 1 aromatic rings. The van der Waals surface area contributed by atoms with Crippen LogP contribution >= 0.6 is 11.8 Å². The Kier molecular flexibility index (Phi) is 8.99. The smallest absolute Gasteiger partial charge is 0.366 e. The fourth-order valence-corrected chi connectivity index (χ4v) is 14.4. The molecule has 1 aromatic carbocycles. The van der Waals surface area contributed by atoms with Crippen molar-refractivity contribution in [3.8, 4) is 0 Å². The van der Waals surface area contributed by atoms with Crippen LogP contribution in [0.4, 0.5) is 0 Å². The molecule has 2 bridgehead atoms. The third kappa shape index (κ3) is 4.65. The summed E-state index contributed by atoms with van der Waals surface area (Å²) in [5.74, 6) is -9.79. The molecule has 0 aromatic heterocycles. The zero-order valence-electron chi connectivity index (χ0n) is 33.3. The van der Waals surface area contributed by atoms with Gasteiger partial charge in [0.15, 0.2) is 6.29 Å². The van der Waals surface area contributed by atoms with Gasteiger partial charge in [-0.2, -0.15) is 0 Å². The summed E-state index contributed by atoms with van der Waals surface area (Å²) in [7, 11) is 2.25. The topological polar surface area (TPSA) is 215 Å². The van der Waals surface area contributed by atoms with Crippen molar-refractivity contribution in [2.75, 3.05) is 27.4 Å². The zero-order chi connectivity index (χ0) is 41.6. The van der Waals surface area contributed by atoms with Crippen molar-refractivity contribution in [3.05, 3.63) is 42.0 Å². The number of methoxy groups -OCH3 is 2. The summed E-state index contributed by atoms with van der Waals surface area (Å²) in [5, 5.41) is 38.6. The lowest BCUT2D eigenvalue weighted by Gasteiger charge is -2.65. The molecule has 3 saturated carbocycles. The third-order valence-electron chi connectivity index (χ3n) is 15.4. The molecule has 58 heavy (non-hydrogen) atoms. The Hall–Kier alpha value is -3.13. The summed E-state index contributed by atoms with van der Waals surface area (Å²) in [6, 6.07) is 9.65. The number of carbonyl (C=O) groups excluding carboxylic acids is 4. The molecule has 5 aliphatic heterocycles. The summed E-state index contributed by atoms with van der Waals surface area (Å²) >= 11 is 1.46. The minimum absolute atomic E-state index is 0.195. The van der Waals surface area contributed by atoms with E-state index in [4.69, 9.17) is 42.6 Å². The Labute approximate surface area is 339 Å². The van der Waals surface area contributed by atoms with E-state index in [-0.39, 0.29) is 24.8 Å². The summed E-state index contributed by atoms with van der Waals surface area (Å²) in [5.41, 5.74) is -9.95. The van der Waals surface area contributed by atoms with Crippen LogP contribution in [-0.2, 0) is 61.8 Å². The summed E-state index contributed by atoms with van der Waals surface area (Å²) in [4.78, 5) is 55.9. The Balaban J connectivity index is 1.21. The number of aliphatic hydroxyl groups is 3. The lowest BCUT2D eigenvalue weighted by Crippen LogP contribution is -2.79. The molecule has 17 atom stereocenters. The fraction of sp³-hybridized carbons (Fsp3) is 0.707. The molecular weight excluding hydrogens is 781 g/mol. The SMILES string of the molecule is C/C=C(\C)C(=O)O[C@H]1C[C@@H](OC(C)=O)[C@@]2(C(=O)OC)CO[C@H]3[C@@H](O)[C@@](C)([C@]45O[C@@]4(C)[C@H]4C[C@@H]5O[C@@H]5O[C@H](Sc6ccccc6)C[C@@]54O)[C@H]4[C@]1(CO[C@]4(O)C(=O)OC)[C@@H]32. The highest BCUT2D eigenvalue weighted by molar-refractivity contribution is 7.99. The van der Waals surface area contributed by atoms with E-state index in [0.717, 1.165) is 12.0 Å². The number of rotatable bonds is 8. The van der Waals surface area contributed by atoms with Crippen LogP contribution in [0.25, 0.3) is 0 Å². The largest absolute Gasteiger partial charge is 0.468 e. The molecule has 1 spiro atoms. The first-order chi connectivity index (χ1) is 27.4. The van der Waals surface area contributed by atoms with Gasteiger partial charge in [0.1, 0.15) is 39.9 Å². The van der Waals surface area contributed by atoms with Gasteiger partial charge >= 0.3 is 23.9 Å². The maximum absolute atomic E-state index is 14.3. The van der Waals surface area contributed by atoms with Crippen molar-refractivity contribution < 1.29 is 77.1 Å². The van der Waals surface area contributed by atoms with Crippen LogP contribution in [0.2, 0.25) is 0 Å². The second-order valence-electron chi connectivity index (χ2n) is 17.6. The third-order valence-corrected chi connectivity index (χ3v) is 16.5. The molecule has 0 unspecified atom stereocenters. The van der Waals surface area contributed by atoms with Crippen molar-refractivity contribution in [1.82, 2.24) is 0 Å². The van der Waals surface area contributed by atoms with Gasteiger partial charge in [0, 0.05) is 58.8 Å². The Bertz CT molecular complexity index is 1960. The van der Waals surface area contributed by atoms with Gasteiger partial charge in [-0.25, -0.2) is 9.59 Å². The Morgan fingerprint density at radius 3 is 2.29 bits per heavy atom. The van der Waals surface area contributed by atoms with E-state index in [1.54, 1.807) is 26.8 Å². The molecule has 0 amide bonds. The molecule has 16 nitrogen and oxygen atoms in total. The lowest BCUT2D eigenvalue weighted by atomic mass is 9.37. The molecule has 3 N–H and O–H groups in total. The van der Waals surface area contributed by atoms with E-state index < -0.39 is 136 Å². The zero-order valence-corrected chi connectivity index (χ0v) is 34.1. The highest BCUT2D eigenvalue weighted by Gasteiger charge is 2.97. The first-order valence-electron chi connectivity index (χ1n) is 19.7. The molecule has 5 heterocycles. The first-order valence-corrected chi connectivity index (χ1v) is 20.6. The van der Waals surface area contributed by atoms with E-state index in [0.29, 0.717) is 0 Å². The molecule has 0 radical (unpaired) electrons. The molecule has 5 saturated heterocycles. The van der Waals surface area contributed by atoms with Crippen LogP contribution in [-0.4, -0.2) is 131 Å². The maximum atomic E-state index is 14.3. The van der Waals surface area contributed by atoms with Gasteiger partial charge < -0.3 is 58.0 Å². The van der Waals surface area contributed by atoms with Crippen LogP contribution < -0.4 is 0 Å². The van der Waals surface area contributed by atoms with Gasteiger partial charge in [-0.1, -0.05) is 43.0 Å². The van der Waals surface area contributed by atoms with Gasteiger partial charge in [0.05, 0.1) is 45.7 Å². The van der Waals surface area contributed by atoms with E-state index in [9.17, 15) is 34.5 Å². The number of hydrogen-bond donors (Lipinski definition) is 3. The number of ether oxygens (including phenoxy) is 9. The fourth-order valence-electron chi connectivity index (χ4n) is 13.2. The second kappa shape index (κ2) is 12.9. The molecule has 8 aliphatic rings. The predicted molar refractivity (Wildman–Crippen MR) is 196 cm³/mol. The van der Waals surface area contributed by atoms with Crippen molar-refractivity contribution >= 4 is 35.6 Å². The highest BCUT2D eigenvalue weighted by atomic mass is 32.2. The molecule has 316 valence electrons. The molecule has 17 heteroatoms. The summed E-state index contributed by atoms with van der Waals surface area (Å²) in [6.45, 7) is 6.97. The standard InChI is InChI=1S/C41H50O16S/c1-8-19(2)30(44)54-23-15-24(53-20(3)42)38(32(45)49-6)17-51-27-28(38)37(23)18-52-40(48,33(46)50-7)31(37)35(4,29(27)43)41-25-14-22(36(41,5)57-41)39(47)16-26(56-34(39)55-25)58-21-12-10-9-11-13-21/h8-13,22-29,31,34,43,47-48H,14-18H2,1-7H3/b19-8+/t22-,23+,24-,25+,26-,27-,28-,29-,31+,34-,35-,36+,37+,38+,39+,40+,41+/m1/s1. The van der Waals surface area contributed by atoms with Crippen molar-refractivity contribution in [1.29, 1.82) is 0 Å². The van der Waals surface area contributed by atoms with E-state index in [1.807, 2.05) is 37.3 Å². The second-order valence-corrected chi connectivity index (χ2v) is 18.8. The number of benzene rings is 1. The van der Waals surface area contributed by atoms with Gasteiger partial charge in [-0.05, 0) is 39.3 Å². The number of thioether (sulfide) groups is 1. The van der Waals surface area contributed by atoms with Crippen molar-refractivity contribution in [3.63, 3.8) is 0 Å². The molecular formula is C41H50O16S. The number of carbonyl (C=O) groups is 4. The maximum Gasteiger partial charge on any atom is 0.366 e. The van der Waals surface area contributed by atoms with Crippen molar-refractivity contribution in [2.24, 2.45) is 34.0 Å². The number of fused-ring (bicyclic) bond motifs is 7. The van der Waals surface area contributed by atoms with Crippen LogP contribution in [0, 0.1) is 34.0 Å². The number of esters is 4. The predicted octanol–water partition coefficient (Wildman–Crippen LogP) is 1.79. The minimum Gasteiger partial charge on any atom is -0.468 e. The Morgan fingerprint density at radius 1 is 0.931 bits per heavy atom. The Morgan fingerprint density at radius 2 is 1.64 bits per heavy atom. The molecule has 8 fully saturated rings. The van der Waals surface area contributed by atoms with Crippen LogP contribution in [0.3, 0.4) is 0 Å². The molecule has 9 rings (SSSR count). The number of epoxide rings is 1. The van der Waals surface area contributed by atoms with Crippen LogP contribution in [0.15, 0.2) is 46.9 Å². The highest BCUT2D eigenvalue weighted by Crippen LogP contribution is 2.83. The van der Waals surface area contributed by atoms with Crippen LogP contribution in [0.5, 0.6) is 0 Å². The normalized spacial score (nSPS) is 50.5. The van der Waals surface area contributed by atoms with E-state index in [2.05, 4.69) is 0 Å². The van der Waals surface area contributed by atoms with Gasteiger partial charge in [-0.3, -0.25) is 9.59 Å². The number of allylic oxidation sites excluding steroid dienone is 1. The average molecular weight is 831 g/mol. The van der Waals surface area contributed by atoms with E-state index in [1.165, 1.54) is 25.8 Å². The van der Waals surface area contributed by atoms with E-state index >= 15 is 0 Å². The van der Waals surface area contributed by atoms with Crippen molar-refractivity contribution in [2.45, 2.75) is 124 Å². The minimum atomic E-state index is -2.84. The van der Waals surface area contributed by atoms with Gasteiger partial charge in [-0.15, -0.1) is 0 Å². The van der Waals surface area contributed by atoms with Gasteiger partial charge in [0.2, 0.25) is 0 Å². The molecule has 3 aliphatic carbocycles. The number of hydrogen-bond acceptors (Lipinski definition) is 17. The average Bonchev–Trinajstić information content (AvgIpc) is 3.52. The summed E-state index contributed by atoms with van der Waals surface area (Å²) < 4.78 is 55.6. The number of aliphatic hydroxyl groups excluding tert-OH is 1.